The summed E-state index contributed by atoms with van der Waals surface area (Å²) in [7, 11) is -0.628. The predicted molar refractivity (Wildman–Crippen MR) is 114 cm³/mol. The molecule has 0 aliphatic carbocycles. The van der Waals surface area contributed by atoms with E-state index in [1.807, 2.05) is 23.6 Å². The Morgan fingerprint density at radius 3 is 2.47 bits per heavy atom. The average Bonchev–Trinajstić information content (AvgIpc) is 3.21. The number of anilines is 1. The van der Waals surface area contributed by atoms with Gasteiger partial charge in [0.25, 0.3) is 5.91 Å². The highest BCUT2D eigenvalue weighted by Crippen LogP contribution is 2.35. The lowest BCUT2D eigenvalue weighted by molar-refractivity contribution is 0.102. The molecule has 1 aromatic heterocycles. The molecule has 4 rings (SSSR count). The molecule has 2 heterocycles. The summed E-state index contributed by atoms with van der Waals surface area (Å²) in [4.78, 5) is 17.1. The van der Waals surface area contributed by atoms with Crippen LogP contribution in [0.15, 0.2) is 52.7 Å². The SMILES string of the molecule is CN(C)S(=O)(=O)c1ccc(C(=O)Nc2nc(-c3ccc4c(c3)OCCO4)cs2)cc1. The van der Waals surface area contributed by atoms with Crippen LogP contribution in [0.5, 0.6) is 11.5 Å². The summed E-state index contributed by atoms with van der Waals surface area (Å²) in [5.41, 5.74) is 1.90. The lowest BCUT2D eigenvalue weighted by Gasteiger charge is -2.18. The van der Waals surface area contributed by atoms with Gasteiger partial charge < -0.3 is 9.47 Å². The number of amides is 1. The summed E-state index contributed by atoms with van der Waals surface area (Å²) in [6.07, 6.45) is 0. The fraction of sp³-hybridized carbons (Fsp3) is 0.200. The number of hydrogen-bond donors (Lipinski definition) is 1. The molecule has 2 aromatic carbocycles. The van der Waals surface area contributed by atoms with Crippen molar-refractivity contribution in [2.24, 2.45) is 0 Å². The van der Waals surface area contributed by atoms with Gasteiger partial charge in [0.2, 0.25) is 10.0 Å². The lowest BCUT2D eigenvalue weighted by Crippen LogP contribution is -2.22. The van der Waals surface area contributed by atoms with Crippen LogP contribution >= 0.6 is 11.3 Å². The molecule has 0 atom stereocenters. The quantitative estimate of drug-likeness (QED) is 0.648. The van der Waals surface area contributed by atoms with Crippen molar-refractivity contribution < 1.29 is 22.7 Å². The minimum atomic E-state index is -3.54. The number of rotatable bonds is 5. The van der Waals surface area contributed by atoms with E-state index in [1.165, 1.54) is 49.7 Å². The van der Waals surface area contributed by atoms with Crippen LogP contribution in [0.3, 0.4) is 0 Å². The molecule has 0 unspecified atom stereocenters. The molecule has 1 aliphatic rings. The normalized spacial score (nSPS) is 13.3. The van der Waals surface area contributed by atoms with Crippen LogP contribution in [0, 0.1) is 0 Å². The van der Waals surface area contributed by atoms with Crippen molar-refractivity contribution in [3.63, 3.8) is 0 Å². The Morgan fingerprint density at radius 1 is 1.07 bits per heavy atom. The Morgan fingerprint density at radius 2 is 1.77 bits per heavy atom. The summed E-state index contributed by atoms with van der Waals surface area (Å²) < 4.78 is 36.5. The van der Waals surface area contributed by atoms with Gasteiger partial charge in [-0.15, -0.1) is 11.3 Å². The summed E-state index contributed by atoms with van der Waals surface area (Å²) in [5, 5.41) is 5.03. The van der Waals surface area contributed by atoms with Crippen molar-refractivity contribution in [2.45, 2.75) is 4.90 Å². The van der Waals surface area contributed by atoms with Gasteiger partial charge in [-0.05, 0) is 42.5 Å². The molecule has 0 saturated heterocycles. The number of carbonyl (C=O) groups is 1. The van der Waals surface area contributed by atoms with Crippen LogP contribution in [0.4, 0.5) is 5.13 Å². The predicted octanol–water partition coefficient (Wildman–Crippen LogP) is 3.08. The molecule has 30 heavy (non-hydrogen) atoms. The van der Waals surface area contributed by atoms with E-state index in [4.69, 9.17) is 9.47 Å². The van der Waals surface area contributed by atoms with E-state index < -0.39 is 10.0 Å². The maximum Gasteiger partial charge on any atom is 0.257 e. The zero-order valence-corrected chi connectivity index (χ0v) is 17.9. The number of thiazole rings is 1. The van der Waals surface area contributed by atoms with Crippen molar-refractivity contribution in [3.8, 4) is 22.8 Å². The summed E-state index contributed by atoms with van der Waals surface area (Å²) in [5.74, 6) is 1.01. The minimum absolute atomic E-state index is 0.124. The van der Waals surface area contributed by atoms with Gasteiger partial charge in [-0.3, -0.25) is 10.1 Å². The van der Waals surface area contributed by atoms with Gasteiger partial charge in [-0.1, -0.05) is 0 Å². The Bertz CT molecular complexity index is 1190. The number of sulfonamides is 1. The molecule has 156 valence electrons. The van der Waals surface area contributed by atoms with Crippen LogP contribution < -0.4 is 14.8 Å². The van der Waals surface area contributed by atoms with E-state index in [9.17, 15) is 13.2 Å². The standard InChI is InChI=1S/C20H19N3O5S2/c1-23(2)30(25,26)15-6-3-13(4-7-15)19(24)22-20-21-16(12-29-20)14-5-8-17-18(11-14)28-10-9-27-17/h3-8,11-12H,9-10H2,1-2H3,(H,21,22,24). The molecule has 1 N–H and O–H groups in total. The number of ether oxygens (including phenoxy) is 2. The van der Waals surface area contributed by atoms with Gasteiger partial charge in [0.1, 0.15) is 13.2 Å². The number of nitrogens with zero attached hydrogens (tertiary/aromatic N) is 2. The zero-order chi connectivity index (χ0) is 21.3. The van der Waals surface area contributed by atoms with Crippen molar-refractivity contribution in [2.75, 3.05) is 32.6 Å². The van der Waals surface area contributed by atoms with Crippen molar-refractivity contribution >= 4 is 32.4 Å². The first kappa shape index (κ1) is 20.3. The summed E-state index contributed by atoms with van der Waals surface area (Å²) in [6, 6.07) is 11.4. The van der Waals surface area contributed by atoms with Crippen LogP contribution in [0.2, 0.25) is 0 Å². The van der Waals surface area contributed by atoms with E-state index in [0.29, 0.717) is 41.1 Å². The fourth-order valence-electron chi connectivity index (χ4n) is 2.82. The minimum Gasteiger partial charge on any atom is -0.486 e. The van der Waals surface area contributed by atoms with Crippen molar-refractivity contribution in [1.82, 2.24) is 9.29 Å². The van der Waals surface area contributed by atoms with Crippen LogP contribution in [0.25, 0.3) is 11.3 Å². The average molecular weight is 446 g/mol. The van der Waals surface area contributed by atoms with E-state index in [1.54, 1.807) is 0 Å². The highest BCUT2D eigenvalue weighted by molar-refractivity contribution is 7.89. The van der Waals surface area contributed by atoms with Crippen LogP contribution in [-0.4, -0.2) is 50.9 Å². The van der Waals surface area contributed by atoms with Crippen LogP contribution in [-0.2, 0) is 10.0 Å². The maximum atomic E-state index is 12.5. The third-order valence-corrected chi connectivity index (χ3v) is 7.04. The molecule has 10 heteroatoms. The van der Waals surface area contributed by atoms with Gasteiger partial charge in [0.15, 0.2) is 16.6 Å². The van der Waals surface area contributed by atoms with Crippen molar-refractivity contribution in [1.29, 1.82) is 0 Å². The fourth-order valence-corrected chi connectivity index (χ4v) is 4.44. The Hall–Kier alpha value is -2.95. The molecule has 1 amide bonds. The molecule has 0 saturated carbocycles. The topological polar surface area (TPSA) is 97.8 Å². The number of benzene rings is 2. The molecule has 0 fully saturated rings. The summed E-state index contributed by atoms with van der Waals surface area (Å²) in [6.45, 7) is 1.03. The van der Waals surface area contributed by atoms with Gasteiger partial charge in [0, 0.05) is 30.6 Å². The van der Waals surface area contributed by atoms with Gasteiger partial charge >= 0.3 is 0 Å². The molecule has 8 nitrogen and oxygen atoms in total. The van der Waals surface area contributed by atoms with Crippen LogP contribution in [0.1, 0.15) is 10.4 Å². The number of hydrogen-bond acceptors (Lipinski definition) is 7. The van der Waals surface area contributed by atoms with E-state index >= 15 is 0 Å². The first-order valence-corrected chi connectivity index (χ1v) is 11.4. The molecule has 0 radical (unpaired) electrons. The maximum absolute atomic E-state index is 12.5. The van der Waals surface area contributed by atoms with Gasteiger partial charge in [0.05, 0.1) is 10.6 Å². The number of fused-ring (bicyclic) bond motifs is 1. The van der Waals surface area contributed by atoms with E-state index in [2.05, 4.69) is 10.3 Å². The Kier molecular flexibility index (Phi) is 5.46. The highest BCUT2D eigenvalue weighted by atomic mass is 32.2. The van der Waals surface area contributed by atoms with E-state index in [0.717, 1.165) is 9.87 Å². The second kappa shape index (κ2) is 8.05. The van der Waals surface area contributed by atoms with E-state index in [-0.39, 0.29) is 10.8 Å². The first-order chi connectivity index (χ1) is 14.3. The highest BCUT2D eigenvalue weighted by Gasteiger charge is 2.18. The Labute approximate surface area is 178 Å². The third-order valence-electron chi connectivity index (χ3n) is 4.46. The molecule has 0 spiro atoms. The Balaban J connectivity index is 1.48. The third kappa shape index (κ3) is 4.02. The van der Waals surface area contributed by atoms with Gasteiger partial charge in [-0.2, -0.15) is 0 Å². The molecule has 3 aromatic rings. The molecule has 0 bridgehead atoms. The number of aromatic nitrogens is 1. The number of nitrogens with one attached hydrogen (secondary N) is 1. The first-order valence-electron chi connectivity index (χ1n) is 9.04. The second-order valence-corrected chi connectivity index (χ2v) is 9.67. The summed E-state index contributed by atoms with van der Waals surface area (Å²) >= 11 is 1.30. The number of carbonyl (C=O) groups excluding carboxylic acids is 1. The van der Waals surface area contributed by atoms with Gasteiger partial charge in [-0.25, -0.2) is 17.7 Å². The monoisotopic (exact) mass is 445 g/mol. The smallest absolute Gasteiger partial charge is 0.257 e. The molecular weight excluding hydrogens is 426 g/mol. The zero-order valence-electron chi connectivity index (χ0n) is 16.3. The second-order valence-electron chi connectivity index (χ2n) is 6.66. The largest absolute Gasteiger partial charge is 0.486 e. The molecule has 1 aliphatic heterocycles. The van der Waals surface area contributed by atoms with Crippen molar-refractivity contribution in [3.05, 3.63) is 53.4 Å². The lowest BCUT2D eigenvalue weighted by atomic mass is 10.1. The molecular formula is C20H19N3O5S2.